The molecule has 0 aliphatic heterocycles. The van der Waals surface area contributed by atoms with Crippen LogP contribution in [0.2, 0.25) is 0 Å². The van der Waals surface area contributed by atoms with Crippen LogP contribution in [-0.2, 0) is 4.74 Å². The fourth-order valence-corrected chi connectivity index (χ4v) is 3.20. The van der Waals surface area contributed by atoms with Crippen molar-refractivity contribution in [1.82, 2.24) is 0 Å². The molecule has 1 aliphatic carbocycles. The number of allylic oxidation sites excluding steroid dienone is 2. The van der Waals surface area contributed by atoms with Crippen LogP contribution in [0.1, 0.15) is 26.7 Å². The third-order valence-corrected chi connectivity index (χ3v) is 4.63. The minimum atomic E-state index is -1.13. The lowest BCUT2D eigenvalue weighted by Crippen LogP contribution is -2.35. The van der Waals surface area contributed by atoms with Crippen LogP contribution < -0.4 is 5.43 Å². The topological polar surface area (TPSA) is 140 Å². The number of nitrogens with one attached hydrogen (secondary N) is 1. The molecule has 1 aromatic carbocycles. The van der Waals surface area contributed by atoms with Gasteiger partial charge in [-0.2, -0.15) is 5.10 Å². The van der Waals surface area contributed by atoms with E-state index in [2.05, 4.69) is 10.5 Å². The second kappa shape index (κ2) is 9.39. The molecule has 1 aromatic rings. The molecule has 2 rings (SSSR count). The van der Waals surface area contributed by atoms with E-state index in [-0.39, 0.29) is 23.4 Å². The van der Waals surface area contributed by atoms with E-state index in [0.29, 0.717) is 5.57 Å². The van der Waals surface area contributed by atoms with Crippen LogP contribution in [0.3, 0.4) is 0 Å². The van der Waals surface area contributed by atoms with Crippen molar-refractivity contribution in [2.75, 3.05) is 12.5 Å². The summed E-state index contributed by atoms with van der Waals surface area (Å²) < 4.78 is 5.53. The normalized spacial score (nSPS) is 20.1. The van der Waals surface area contributed by atoms with Crippen molar-refractivity contribution in [2.24, 2.45) is 11.0 Å². The zero-order valence-electron chi connectivity index (χ0n) is 16.4. The molecule has 0 bridgehead atoms. The van der Waals surface area contributed by atoms with Crippen LogP contribution in [0, 0.1) is 26.1 Å². The number of nitrogens with zero attached hydrogens (tertiary/aromatic N) is 3. The average Bonchev–Trinajstić information content (AvgIpc) is 2.66. The molecule has 0 spiro atoms. The van der Waals surface area contributed by atoms with E-state index < -0.39 is 21.1 Å². The molecular formula is C19H24N4O6. The van der Waals surface area contributed by atoms with Gasteiger partial charge in [-0.05, 0) is 44.4 Å². The maximum atomic E-state index is 11.2. The first-order valence-electron chi connectivity index (χ1n) is 8.99. The molecule has 156 valence electrons. The Morgan fingerprint density at radius 3 is 2.66 bits per heavy atom. The summed E-state index contributed by atoms with van der Waals surface area (Å²) in [6, 6.07) is 3.24. The third-order valence-electron chi connectivity index (χ3n) is 4.63. The van der Waals surface area contributed by atoms with E-state index in [0.717, 1.165) is 25.0 Å². The number of nitro benzene ring substituents is 2. The Balaban J connectivity index is 2.26. The van der Waals surface area contributed by atoms with Crippen molar-refractivity contribution < 1.29 is 19.7 Å². The number of rotatable bonds is 8. The van der Waals surface area contributed by atoms with Gasteiger partial charge in [0.2, 0.25) is 0 Å². The second-order valence-corrected chi connectivity index (χ2v) is 7.09. The van der Waals surface area contributed by atoms with Gasteiger partial charge in [0.25, 0.3) is 5.69 Å². The van der Waals surface area contributed by atoms with Gasteiger partial charge < -0.3 is 9.84 Å². The highest BCUT2D eigenvalue weighted by Crippen LogP contribution is 2.33. The van der Waals surface area contributed by atoms with Crippen LogP contribution in [0.25, 0.3) is 0 Å². The fraction of sp³-hybridized carbons (Fsp3) is 0.421. The molecular weight excluding hydrogens is 380 g/mol. The largest absolute Gasteiger partial charge is 0.386 e. The molecule has 0 amide bonds. The lowest BCUT2D eigenvalue weighted by atomic mass is 9.79. The second-order valence-electron chi connectivity index (χ2n) is 7.09. The smallest absolute Gasteiger partial charge is 0.301 e. The maximum absolute atomic E-state index is 11.2. The summed E-state index contributed by atoms with van der Waals surface area (Å²) in [5.41, 5.74) is 1.25. The molecule has 0 saturated carbocycles. The predicted molar refractivity (Wildman–Crippen MR) is 109 cm³/mol. The molecule has 0 aromatic heterocycles. The van der Waals surface area contributed by atoms with Gasteiger partial charge >= 0.3 is 5.69 Å². The van der Waals surface area contributed by atoms with Gasteiger partial charge in [0, 0.05) is 25.3 Å². The van der Waals surface area contributed by atoms with Crippen molar-refractivity contribution >= 4 is 23.3 Å². The van der Waals surface area contributed by atoms with Crippen LogP contribution in [-0.4, -0.2) is 40.0 Å². The molecule has 0 heterocycles. The summed E-state index contributed by atoms with van der Waals surface area (Å²) in [7, 11) is 1.63. The Bertz CT molecular complexity index is 857. The zero-order valence-corrected chi connectivity index (χ0v) is 16.4. The van der Waals surface area contributed by atoms with E-state index in [1.165, 1.54) is 12.3 Å². The molecule has 0 radical (unpaired) electrons. The molecule has 2 atom stereocenters. The van der Waals surface area contributed by atoms with E-state index >= 15 is 0 Å². The van der Waals surface area contributed by atoms with Crippen molar-refractivity contribution in [2.45, 2.75) is 38.4 Å². The van der Waals surface area contributed by atoms with E-state index in [1.807, 2.05) is 12.2 Å². The quantitative estimate of drug-likeness (QED) is 0.292. The number of hydrogen-bond acceptors (Lipinski definition) is 8. The van der Waals surface area contributed by atoms with Gasteiger partial charge in [-0.25, -0.2) is 0 Å². The number of non-ortho nitro benzene ring substituents is 1. The Kier molecular flexibility index (Phi) is 7.18. The van der Waals surface area contributed by atoms with Crippen LogP contribution >= 0.6 is 0 Å². The van der Waals surface area contributed by atoms with E-state index in [1.54, 1.807) is 27.0 Å². The number of methoxy groups -OCH3 is 1. The molecule has 1 aliphatic rings. The first-order chi connectivity index (χ1) is 13.6. The minimum absolute atomic E-state index is 0.0161. The number of hydrazone groups is 1. The minimum Gasteiger partial charge on any atom is -0.386 e. The monoisotopic (exact) mass is 404 g/mol. The highest BCUT2D eigenvalue weighted by atomic mass is 16.6. The lowest BCUT2D eigenvalue weighted by Gasteiger charge is -2.34. The lowest BCUT2D eigenvalue weighted by molar-refractivity contribution is -0.393. The molecule has 29 heavy (non-hydrogen) atoms. The first kappa shape index (κ1) is 22.2. The third kappa shape index (κ3) is 5.69. The van der Waals surface area contributed by atoms with Crippen molar-refractivity contribution in [3.63, 3.8) is 0 Å². The Labute approximate surface area is 167 Å². The summed E-state index contributed by atoms with van der Waals surface area (Å²) in [4.78, 5) is 20.5. The van der Waals surface area contributed by atoms with Gasteiger partial charge in [-0.15, -0.1) is 0 Å². The number of aliphatic hydroxyl groups is 1. The Hall–Kier alpha value is -3.11. The van der Waals surface area contributed by atoms with Crippen molar-refractivity contribution in [1.29, 1.82) is 0 Å². The van der Waals surface area contributed by atoms with Crippen molar-refractivity contribution in [3.8, 4) is 0 Å². The molecule has 2 unspecified atom stereocenters. The molecule has 10 nitrogen and oxygen atoms in total. The number of nitro groups is 2. The van der Waals surface area contributed by atoms with Gasteiger partial charge in [0.1, 0.15) is 5.69 Å². The van der Waals surface area contributed by atoms with Crippen LogP contribution in [0.5, 0.6) is 0 Å². The molecule has 0 saturated heterocycles. The zero-order chi connectivity index (χ0) is 21.6. The number of anilines is 1. The maximum Gasteiger partial charge on any atom is 0.301 e. The number of benzene rings is 1. The summed E-state index contributed by atoms with van der Waals surface area (Å²) in [5, 5.41) is 36.5. The summed E-state index contributed by atoms with van der Waals surface area (Å²) in [5.74, 6) is -0.131. The first-order valence-corrected chi connectivity index (χ1v) is 8.99. The van der Waals surface area contributed by atoms with Crippen LogP contribution in [0.4, 0.5) is 17.1 Å². The summed E-state index contributed by atoms with van der Waals surface area (Å²) >= 11 is 0. The number of ether oxygens (including phenoxy) is 1. The van der Waals surface area contributed by atoms with Crippen LogP contribution in [0.15, 0.2) is 47.1 Å². The molecule has 2 N–H and O–H groups in total. The highest BCUT2D eigenvalue weighted by molar-refractivity contribution is 5.75. The highest BCUT2D eigenvalue weighted by Gasteiger charge is 2.32. The standard InChI is InChI=1S/C19H24N4O6/c1-19(2,24)15(14-6-4-5-7-18(14)29-3)10-11-20-21-16-9-8-13(22(25)26)12-17(16)23(27)28/h4,6,8-12,14,18,21,24H,5,7H2,1-3H3/b15-10-,20-11+. The molecule has 0 fully saturated rings. The Morgan fingerprint density at radius 2 is 2.07 bits per heavy atom. The van der Waals surface area contributed by atoms with Gasteiger partial charge in [-0.1, -0.05) is 12.2 Å². The summed E-state index contributed by atoms with van der Waals surface area (Å²) in [6.07, 6.45) is 8.70. The van der Waals surface area contributed by atoms with Gasteiger partial charge in [-0.3, -0.25) is 25.7 Å². The molecule has 10 heteroatoms. The van der Waals surface area contributed by atoms with E-state index in [9.17, 15) is 25.3 Å². The van der Waals surface area contributed by atoms with E-state index in [4.69, 9.17) is 4.74 Å². The predicted octanol–water partition coefficient (Wildman–Crippen LogP) is 3.58. The fourth-order valence-electron chi connectivity index (χ4n) is 3.20. The SMILES string of the molecule is COC1CCC=CC1/C(=C/C=N/Nc1ccc([N+](=O)[O-])cc1[N+](=O)[O-])C(C)(C)O. The average molecular weight is 404 g/mol. The summed E-state index contributed by atoms with van der Waals surface area (Å²) in [6.45, 7) is 3.33. The number of hydrogen-bond donors (Lipinski definition) is 2. The Morgan fingerprint density at radius 1 is 1.34 bits per heavy atom. The van der Waals surface area contributed by atoms with Crippen molar-refractivity contribution in [3.05, 3.63) is 62.2 Å². The van der Waals surface area contributed by atoms with Gasteiger partial charge in [0.15, 0.2) is 0 Å². The van der Waals surface area contributed by atoms with Gasteiger partial charge in [0.05, 0.1) is 27.6 Å².